The number of nitrogens with one attached hydrogen (secondary N) is 1. The summed E-state index contributed by atoms with van der Waals surface area (Å²) >= 11 is 0. The minimum atomic E-state index is 0.118. The molecule has 1 saturated heterocycles. The number of ether oxygens (including phenoxy) is 1. The largest absolute Gasteiger partial charge is 0.497 e. The molecule has 0 aromatic heterocycles. The first-order valence-corrected chi connectivity index (χ1v) is 8.93. The van der Waals surface area contributed by atoms with E-state index in [2.05, 4.69) is 35.6 Å². The van der Waals surface area contributed by atoms with Crippen LogP contribution in [0.2, 0.25) is 0 Å². The number of fused-ring (bicyclic) bond motifs is 1. The molecule has 0 atom stereocenters. The van der Waals surface area contributed by atoms with E-state index < -0.39 is 0 Å². The number of amides is 1. The molecule has 1 fully saturated rings. The van der Waals surface area contributed by atoms with E-state index in [-0.39, 0.29) is 5.91 Å². The highest BCUT2D eigenvalue weighted by atomic mass is 16.5. The molecule has 0 aliphatic carbocycles. The van der Waals surface area contributed by atoms with Crippen molar-refractivity contribution >= 4 is 16.7 Å². The molecule has 1 aliphatic rings. The van der Waals surface area contributed by atoms with Crippen molar-refractivity contribution in [1.82, 2.24) is 10.2 Å². The van der Waals surface area contributed by atoms with E-state index >= 15 is 0 Å². The fourth-order valence-electron chi connectivity index (χ4n) is 3.39. The van der Waals surface area contributed by atoms with Crippen molar-refractivity contribution in [2.24, 2.45) is 0 Å². The molecule has 1 aliphatic heterocycles. The molecule has 4 heteroatoms. The van der Waals surface area contributed by atoms with Crippen LogP contribution in [0.15, 0.2) is 60.7 Å². The van der Waals surface area contributed by atoms with Gasteiger partial charge in [-0.05, 0) is 52.2 Å². The summed E-state index contributed by atoms with van der Waals surface area (Å²) in [5.41, 5.74) is 3.06. The lowest BCUT2D eigenvalue weighted by atomic mass is 9.99. The number of rotatable bonds is 3. The van der Waals surface area contributed by atoms with Gasteiger partial charge >= 0.3 is 0 Å². The summed E-state index contributed by atoms with van der Waals surface area (Å²) in [4.78, 5) is 14.6. The fourth-order valence-corrected chi connectivity index (χ4v) is 3.39. The second-order valence-corrected chi connectivity index (χ2v) is 6.55. The first kappa shape index (κ1) is 16.6. The van der Waals surface area contributed by atoms with E-state index in [0.717, 1.165) is 59.4 Å². The molecule has 132 valence electrons. The summed E-state index contributed by atoms with van der Waals surface area (Å²) in [5.74, 6) is 0.971. The van der Waals surface area contributed by atoms with E-state index in [4.69, 9.17) is 4.74 Å². The lowest BCUT2D eigenvalue weighted by molar-refractivity contribution is 0.0736. The highest BCUT2D eigenvalue weighted by Gasteiger charge is 2.18. The predicted octanol–water partition coefficient (Wildman–Crippen LogP) is 3.56. The lowest BCUT2D eigenvalue weighted by Gasteiger charge is -2.27. The number of piperazine rings is 1. The molecule has 0 spiro atoms. The van der Waals surface area contributed by atoms with Gasteiger partial charge in [0.2, 0.25) is 0 Å². The maximum Gasteiger partial charge on any atom is 0.253 e. The molecule has 3 aromatic rings. The van der Waals surface area contributed by atoms with Gasteiger partial charge in [-0.15, -0.1) is 0 Å². The first-order valence-electron chi connectivity index (χ1n) is 8.93. The number of hydrogen-bond donors (Lipinski definition) is 1. The monoisotopic (exact) mass is 346 g/mol. The van der Waals surface area contributed by atoms with E-state index in [1.807, 2.05) is 35.2 Å². The molecule has 1 heterocycles. The van der Waals surface area contributed by atoms with E-state index in [0.29, 0.717) is 0 Å². The Morgan fingerprint density at radius 1 is 0.885 bits per heavy atom. The second-order valence-electron chi connectivity index (χ2n) is 6.55. The molecule has 0 saturated carbocycles. The van der Waals surface area contributed by atoms with Gasteiger partial charge in [0.1, 0.15) is 5.75 Å². The smallest absolute Gasteiger partial charge is 0.253 e. The Kier molecular flexibility index (Phi) is 4.59. The molecule has 4 nitrogen and oxygen atoms in total. The number of nitrogens with zero attached hydrogens (tertiary/aromatic N) is 1. The lowest BCUT2D eigenvalue weighted by Crippen LogP contribution is -2.46. The number of methoxy groups -OCH3 is 1. The van der Waals surface area contributed by atoms with Gasteiger partial charge in [-0.25, -0.2) is 0 Å². The minimum absolute atomic E-state index is 0.118. The van der Waals surface area contributed by atoms with Crippen molar-refractivity contribution in [3.05, 3.63) is 66.2 Å². The van der Waals surface area contributed by atoms with Crippen LogP contribution in [0.1, 0.15) is 10.4 Å². The van der Waals surface area contributed by atoms with Gasteiger partial charge in [0.15, 0.2) is 0 Å². The van der Waals surface area contributed by atoms with Crippen molar-refractivity contribution in [2.45, 2.75) is 0 Å². The van der Waals surface area contributed by atoms with E-state index in [1.54, 1.807) is 7.11 Å². The molecular formula is C22H22N2O2. The van der Waals surface area contributed by atoms with Crippen molar-refractivity contribution in [1.29, 1.82) is 0 Å². The van der Waals surface area contributed by atoms with Gasteiger partial charge < -0.3 is 15.0 Å². The van der Waals surface area contributed by atoms with E-state index in [9.17, 15) is 4.79 Å². The Labute approximate surface area is 153 Å². The summed E-state index contributed by atoms with van der Waals surface area (Å²) < 4.78 is 5.22. The zero-order chi connectivity index (χ0) is 17.9. The quantitative estimate of drug-likeness (QED) is 0.788. The standard InChI is InChI=1S/C22H22N2O2/c1-26-21-8-6-16(7-9-21)17-2-3-19-15-20(5-4-18(19)14-17)22(25)24-12-10-23-11-13-24/h2-9,14-15,23H,10-13H2,1H3. The third-order valence-electron chi connectivity index (χ3n) is 4.91. The molecule has 26 heavy (non-hydrogen) atoms. The van der Waals surface area contributed by atoms with Crippen LogP contribution in [0.3, 0.4) is 0 Å². The Hall–Kier alpha value is -2.85. The van der Waals surface area contributed by atoms with Crippen LogP contribution >= 0.6 is 0 Å². The van der Waals surface area contributed by atoms with Crippen molar-refractivity contribution in [3.8, 4) is 16.9 Å². The first-order chi connectivity index (χ1) is 12.7. The molecular weight excluding hydrogens is 324 g/mol. The van der Waals surface area contributed by atoms with E-state index in [1.165, 1.54) is 0 Å². The van der Waals surface area contributed by atoms with Gasteiger partial charge in [0.25, 0.3) is 5.91 Å². The average Bonchev–Trinajstić information content (AvgIpc) is 2.73. The molecule has 0 unspecified atom stereocenters. The number of carbonyl (C=O) groups excluding carboxylic acids is 1. The summed E-state index contributed by atoms with van der Waals surface area (Å²) in [6.07, 6.45) is 0. The normalized spacial score (nSPS) is 14.4. The second kappa shape index (κ2) is 7.18. The van der Waals surface area contributed by atoms with Gasteiger partial charge in [-0.2, -0.15) is 0 Å². The number of benzene rings is 3. The summed E-state index contributed by atoms with van der Waals surface area (Å²) in [7, 11) is 1.67. The number of hydrogen-bond acceptors (Lipinski definition) is 3. The molecule has 4 rings (SSSR count). The molecule has 1 N–H and O–H groups in total. The molecule has 1 amide bonds. The van der Waals surface area contributed by atoms with Crippen LogP contribution in [-0.4, -0.2) is 44.1 Å². The van der Waals surface area contributed by atoms with Crippen molar-refractivity contribution < 1.29 is 9.53 Å². The Bertz CT molecular complexity index is 929. The van der Waals surface area contributed by atoms with Crippen LogP contribution in [0.4, 0.5) is 0 Å². The van der Waals surface area contributed by atoms with Crippen LogP contribution in [0.25, 0.3) is 21.9 Å². The van der Waals surface area contributed by atoms with Crippen LogP contribution < -0.4 is 10.1 Å². The zero-order valence-corrected chi connectivity index (χ0v) is 14.9. The molecule has 3 aromatic carbocycles. The maximum absolute atomic E-state index is 12.7. The van der Waals surface area contributed by atoms with Gasteiger partial charge in [-0.1, -0.05) is 30.3 Å². The Morgan fingerprint density at radius 2 is 1.54 bits per heavy atom. The fraction of sp³-hybridized carbons (Fsp3) is 0.227. The minimum Gasteiger partial charge on any atom is -0.497 e. The van der Waals surface area contributed by atoms with Crippen LogP contribution in [0, 0.1) is 0 Å². The SMILES string of the molecule is COc1ccc(-c2ccc3cc(C(=O)N4CCNCC4)ccc3c2)cc1. The Morgan fingerprint density at radius 3 is 2.27 bits per heavy atom. The predicted molar refractivity (Wildman–Crippen MR) is 105 cm³/mol. The van der Waals surface area contributed by atoms with Crippen molar-refractivity contribution in [3.63, 3.8) is 0 Å². The highest BCUT2D eigenvalue weighted by molar-refractivity contribution is 5.99. The number of carbonyl (C=O) groups is 1. The Balaban J connectivity index is 1.62. The molecule has 0 radical (unpaired) electrons. The molecule has 0 bridgehead atoms. The zero-order valence-electron chi connectivity index (χ0n) is 14.9. The highest BCUT2D eigenvalue weighted by Crippen LogP contribution is 2.27. The third kappa shape index (κ3) is 3.28. The average molecular weight is 346 g/mol. The maximum atomic E-state index is 12.7. The summed E-state index contributed by atoms with van der Waals surface area (Å²) in [6, 6.07) is 20.4. The van der Waals surface area contributed by atoms with Crippen LogP contribution in [-0.2, 0) is 0 Å². The topological polar surface area (TPSA) is 41.6 Å². The van der Waals surface area contributed by atoms with Crippen LogP contribution in [0.5, 0.6) is 5.75 Å². The van der Waals surface area contributed by atoms with Crippen molar-refractivity contribution in [2.75, 3.05) is 33.3 Å². The van der Waals surface area contributed by atoms with Gasteiger partial charge in [0.05, 0.1) is 7.11 Å². The van der Waals surface area contributed by atoms with Gasteiger partial charge in [-0.3, -0.25) is 4.79 Å². The third-order valence-corrected chi connectivity index (χ3v) is 4.91. The summed E-state index contributed by atoms with van der Waals surface area (Å²) in [6.45, 7) is 3.27. The van der Waals surface area contributed by atoms with Gasteiger partial charge in [0, 0.05) is 31.7 Å². The summed E-state index contributed by atoms with van der Waals surface area (Å²) in [5, 5.41) is 5.50.